The van der Waals surface area contributed by atoms with Crippen LogP contribution in [0.15, 0.2) is 69.7 Å². The van der Waals surface area contributed by atoms with Crippen molar-refractivity contribution in [2.24, 2.45) is 0 Å². The standard InChI is InChI=1S/C15H11NOS2/c17-13-10-15(18-14-9-5-4-8-12(13)14)19-16-11-6-2-1-3-7-11/h1-10,16H. The fourth-order valence-corrected chi connectivity index (χ4v) is 3.64. The zero-order chi connectivity index (χ0) is 13.1. The summed E-state index contributed by atoms with van der Waals surface area (Å²) in [6.07, 6.45) is 0. The third kappa shape index (κ3) is 2.80. The highest BCUT2D eigenvalue weighted by Crippen LogP contribution is 2.27. The molecule has 0 aliphatic carbocycles. The van der Waals surface area contributed by atoms with Crippen molar-refractivity contribution in [1.82, 2.24) is 0 Å². The first-order chi connectivity index (χ1) is 9.33. The molecular weight excluding hydrogens is 274 g/mol. The van der Waals surface area contributed by atoms with E-state index >= 15 is 0 Å². The fraction of sp³-hybridized carbons (Fsp3) is 0. The summed E-state index contributed by atoms with van der Waals surface area (Å²) < 4.78 is 5.23. The molecule has 0 aliphatic heterocycles. The molecule has 19 heavy (non-hydrogen) atoms. The van der Waals surface area contributed by atoms with Crippen molar-refractivity contribution in [3.63, 3.8) is 0 Å². The van der Waals surface area contributed by atoms with E-state index in [0.29, 0.717) is 0 Å². The minimum Gasteiger partial charge on any atom is -0.325 e. The molecule has 1 N–H and O–H groups in total. The summed E-state index contributed by atoms with van der Waals surface area (Å²) in [4.78, 5) is 12.0. The third-order valence-corrected chi connectivity index (χ3v) is 4.71. The Bertz CT molecular complexity index is 753. The van der Waals surface area contributed by atoms with E-state index in [1.807, 2.05) is 54.6 Å². The van der Waals surface area contributed by atoms with Crippen molar-refractivity contribution < 1.29 is 0 Å². The fourth-order valence-electron chi connectivity index (χ4n) is 1.75. The molecule has 0 saturated heterocycles. The molecule has 0 unspecified atom stereocenters. The number of nitrogens with one attached hydrogen (secondary N) is 1. The van der Waals surface area contributed by atoms with Crippen molar-refractivity contribution in [1.29, 1.82) is 0 Å². The average molecular weight is 285 g/mol. The van der Waals surface area contributed by atoms with Gasteiger partial charge in [0.1, 0.15) is 0 Å². The Morgan fingerprint density at radius 3 is 2.53 bits per heavy atom. The normalized spacial score (nSPS) is 10.5. The van der Waals surface area contributed by atoms with Crippen molar-refractivity contribution in [2.45, 2.75) is 4.21 Å². The lowest BCUT2D eigenvalue weighted by Crippen LogP contribution is -1.98. The lowest BCUT2D eigenvalue weighted by molar-refractivity contribution is 1.59. The number of fused-ring (bicyclic) bond motifs is 1. The molecule has 1 heterocycles. The van der Waals surface area contributed by atoms with E-state index in [1.165, 1.54) is 11.9 Å². The van der Waals surface area contributed by atoms with E-state index in [4.69, 9.17) is 0 Å². The van der Waals surface area contributed by atoms with Crippen LogP contribution in [0.25, 0.3) is 10.1 Å². The van der Waals surface area contributed by atoms with Crippen molar-refractivity contribution >= 4 is 39.1 Å². The van der Waals surface area contributed by atoms with Crippen LogP contribution < -0.4 is 10.2 Å². The highest BCUT2D eigenvalue weighted by molar-refractivity contribution is 8.02. The van der Waals surface area contributed by atoms with E-state index in [2.05, 4.69) is 4.72 Å². The van der Waals surface area contributed by atoms with Crippen LogP contribution in [0.4, 0.5) is 5.69 Å². The molecule has 0 bridgehead atoms. The van der Waals surface area contributed by atoms with Gasteiger partial charge in [-0.15, -0.1) is 11.3 Å². The van der Waals surface area contributed by atoms with Crippen LogP contribution in [-0.4, -0.2) is 0 Å². The van der Waals surface area contributed by atoms with Gasteiger partial charge in [-0.05, 0) is 36.2 Å². The first kappa shape index (κ1) is 12.3. The second kappa shape index (κ2) is 5.47. The molecule has 2 nitrogen and oxygen atoms in total. The van der Waals surface area contributed by atoms with Gasteiger partial charge in [-0.2, -0.15) is 0 Å². The molecule has 0 fully saturated rings. The smallest absolute Gasteiger partial charge is 0.189 e. The maximum Gasteiger partial charge on any atom is 0.189 e. The summed E-state index contributed by atoms with van der Waals surface area (Å²) in [6.45, 7) is 0. The summed E-state index contributed by atoms with van der Waals surface area (Å²) in [5, 5.41) is 0.788. The van der Waals surface area contributed by atoms with E-state index < -0.39 is 0 Å². The summed E-state index contributed by atoms with van der Waals surface area (Å²) >= 11 is 3.09. The van der Waals surface area contributed by atoms with Crippen molar-refractivity contribution in [3.8, 4) is 0 Å². The van der Waals surface area contributed by atoms with Gasteiger partial charge in [-0.3, -0.25) is 4.79 Å². The summed E-state index contributed by atoms with van der Waals surface area (Å²) in [5.41, 5.74) is 1.10. The van der Waals surface area contributed by atoms with Crippen LogP contribution in [-0.2, 0) is 0 Å². The summed E-state index contributed by atoms with van der Waals surface area (Å²) in [5.74, 6) is 0. The Morgan fingerprint density at radius 2 is 1.68 bits per heavy atom. The van der Waals surface area contributed by atoms with Gasteiger partial charge in [0.05, 0.1) is 4.21 Å². The first-order valence-electron chi connectivity index (χ1n) is 5.84. The zero-order valence-electron chi connectivity index (χ0n) is 10.00. The van der Waals surface area contributed by atoms with E-state index in [9.17, 15) is 4.79 Å². The molecule has 2 aromatic carbocycles. The Kier molecular flexibility index (Phi) is 3.53. The Balaban J connectivity index is 1.88. The van der Waals surface area contributed by atoms with Gasteiger partial charge in [0.15, 0.2) is 5.43 Å². The largest absolute Gasteiger partial charge is 0.325 e. The van der Waals surface area contributed by atoms with Crippen LogP contribution in [0.1, 0.15) is 0 Å². The molecule has 1 aromatic heterocycles. The SMILES string of the molecule is O=c1cc(SNc2ccccc2)sc2ccccc12. The van der Waals surface area contributed by atoms with E-state index in [0.717, 1.165) is 20.0 Å². The van der Waals surface area contributed by atoms with Gasteiger partial charge in [0.2, 0.25) is 0 Å². The monoisotopic (exact) mass is 285 g/mol. The molecule has 4 heteroatoms. The Morgan fingerprint density at radius 1 is 0.947 bits per heavy atom. The molecule has 0 atom stereocenters. The summed E-state index contributed by atoms with van der Waals surface area (Å²) in [6, 6.07) is 19.3. The average Bonchev–Trinajstić information content (AvgIpc) is 2.46. The van der Waals surface area contributed by atoms with Gasteiger partial charge in [-0.1, -0.05) is 30.3 Å². The molecule has 0 spiro atoms. The van der Waals surface area contributed by atoms with Gasteiger partial charge in [0, 0.05) is 21.8 Å². The molecule has 0 radical (unpaired) electrons. The second-order valence-corrected chi connectivity index (χ2v) is 6.19. The van der Waals surface area contributed by atoms with Gasteiger partial charge < -0.3 is 4.72 Å². The lowest BCUT2D eigenvalue weighted by atomic mass is 10.2. The molecule has 3 aromatic rings. The maximum atomic E-state index is 12.0. The van der Waals surface area contributed by atoms with Crippen LogP contribution in [0.2, 0.25) is 0 Å². The number of anilines is 1. The minimum absolute atomic E-state index is 0.0757. The molecular formula is C15H11NOS2. The predicted molar refractivity (Wildman–Crippen MR) is 84.0 cm³/mol. The number of rotatable bonds is 3. The number of hydrogen-bond donors (Lipinski definition) is 1. The van der Waals surface area contributed by atoms with Gasteiger partial charge >= 0.3 is 0 Å². The predicted octanol–water partition coefficient (Wildman–Crippen LogP) is 4.38. The Labute approximate surface area is 119 Å². The molecule has 94 valence electrons. The topological polar surface area (TPSA) is 29.1 Å². The molecule has 3 rings (SSSR count). The first-order valence-corrected chi connectivity index (χ1v) is 7.47. The van der Waals surface area contributed by atoms with Crippen LogP contribution >= 0.6 is 23.3 Å². The molecule has 0 amide bonds. The van der Waals surface area contributed by atoms with Crippen LogP contribution in [0.3, 0.4) is 0 Å². The summed E-state index contributed by atoms with van der Waals surface area (Å²) in [7, 11) is 0. The van der Waals surface area contributed by atoms with Crippen LogP contribution in [0.5, 0.6) is 0 Å². The number of benzene rings is 2. The number of hydrogen-bond acceptors (Lipinski definition) is 4. The zero-order valence-corrected chi connectivity index (χ0v) is 11.6. The second-order valence-electron chi connectivity index (χ2n) is 4.00. The molecule has 0 aliphatic rings. The maximum absolute atomic E-state index is 12.0. The quantitative estimate of drug-likeness (QED) is 0.724. The van der Waals surface area contributed by atoms with Crippen LogP contribution in [0, 0.1) is 0 Å². The van der Waals surface area contributed by atoms with Crippen molar-refractivity contribution in [3.05, 3.63) is 70.9 Å². The van der Waals surface area contributed by atoms with Gasteiger partial charge in [0.25, 0.3) is 0 Å². The lowest BCUT2D eigenvalue weighted by Gasteiger charge is -2.05. The minimum atomic E-state index is 0.0757. The highest BCUT2D eigenvalue weighted by Gasteiger charge is 2.03. The third-order valence-electron chi connectivity index (χ3n) is 2.66. The van der Waals surface area contributed by atoms with E-state index in [-0.39, 0.29) is 5.43 Å². The van der Waals surface area contributed by atoms with E-state index in [1.54, 1.807) is 17.4 Å². The van der Waals surface area contributed by atoms with Gasteiger partial charge in [-0.25, -0.2) is 0 Å². The number of para-hydroxylation sites is 1. The van der Waals surface area contributed by atoms with Crippen molar-refractivity contribution in [2.75, 3.05) is 4.72 Å². The highest BCUT2D eigenvalue weighted by atomic mass is 32.2. The Hall–Kier alpha value is -1.78. The molecule has 0 saturated carbocycles.